The van der Waals surface area contributed by atoms with E-state index >= 15 is 0 Å². The molecule has 3 nitrogen and oxygen atoms in total. The summed E-state index contributed by atoms with van der Waals surface area (Å²) in [5.74, 6) is -1.39. The van der Waals surface area contributed by atoms with Crippen molar-refractivity contribution in [2.75, 3.05) is 0 Å². The highest BCUT2D eigenvalue weighted by molar-refractivity contribution is 5.59. The maximum absolute atomic E-state index is 13.1. The Kier molecular flexibility index (Phi) is 2.90. The second-order valence-corrected chi connectivity index (χ2v) is 3.46. The fourth-order valence-corrected chi connectivity index (χ4v) is 1.45. The predicted octanol–water partition coefficient (Wildman–Crippen LogP) is 2.59. The Morgan fingerprint density at radius 2 is 1.94 bits per heavy atom. The van der Waals surface area contributed by atoms with E-state index in [1.54, 1.807) is 0 Å². The van der Waals surface area contributed by atoms with E-state index in [9.17, 15) is 22.4 Å². The topological polar surface area (TPSA) is 45.8 Å². The first-order valence-electron chi connectivity index (χ1n) is 4.80. The Hall–Kier alpha value is -2.18. The second kappa shape index (κ2) is 4.25. The van der Waals surface area contributed by atoms with Crippen LogP contribution in [0.25, 0.3) is 11.3 Å². The zero-order valence-electron chi connectivity index (χ0n) is 8.75. The third-order valence-corrected chi connectivity index (χ3v) is 2.25. The predicted molar refractivity (Wildman–Crippen MR) is 55.3 cm³/mol. The van der Waals surface area contributed by atoms with Gasteiger partial charge in [-0.15, -0.1) is 0 Å². The molecule has 2 aromatic rings. The third-order valence-electron chi connectivity index (χ3n) is 2.25. The molecular formula is C11H6F4N2O. The standard InChI is InChI=1S/C11H6F4N2O/c12-8-2-1-6(5-7(8)11(13,14)15)9-10(18)17-4-3-16-9/h1-5H,(H,17,18). The van der Waals surface area contributed by atoms with Gasteiger partial charge >= 0.3 is 6.18 Å². The molecule has 0 aliphatic heterocycles. The summed E-state index contributed by atoms with van der Waals surface area (Å²) >= 11 is 0. The van der Waals surface area contributed by atoms with Crippen molar-refractivity contribution in [3.8, 4) is 11.3 Å². The molecule has 1 heterocycles. The number of aromatic amines is 1. The average molecular weight is 258 g/mol. The molecule has 1 aromatic heterocycles. The summed E-state index contributed by atoms with van der Waals surface area (Å²) in [7, 11) is 0. The Bertz CT molecular complexity index is 633. The van der Waals surface area contributed by atoms with Crippen LogP contribution >= 0.6 is 0 Å². The maximum Gasteiger partial charge on any atom is 0.419 e. The van der Waals surface area contributed by atoms with Crippen molar-refractivity contribution in [3.05, 3.63) is 52.3 Å². The maximum atomic E-state index is 13.1. The number of aromatic nitrogens is 2. The van der Waals surface area contributed by atoms with Gasteiger partial charge in [0.1, 0.15) is 11.5 Å². The number of rotatable bonds is 1. The first-order chi connectivity index (χ1) is 8.39. The molecule has 2 rings (SSSR count). The number of benzene rings is 1. The van der Waals surface area contributed by atoms with Crippen LogP contribution in [-0.2, 0) is 6.18 Å². The smallest absolute Gasteiger partial charge is 0.326 e. The molecule has 0 bridgehead atoms. The Balaban J connectivity index is 2.62. The molecule has 0 aliphatic carbocycles. The van der Waals surface area contributed by atoms with Crippen LogP contribution < -0.4 is 5.56 Å². The zero-order valence-corrected chi connectivity index (χ0v) is 8.75. The number of nitrogens with zero attached hydrogens (tertiary/aromatic N) is 1. The fraction of sp³-hybridized carbons (Fsp3) is 0.0909. The van der Waals surface area contributed by atoms with Crippen LogP contribution in [0, 0.1) is 5.82 Å². The van der Waals surface area contributed by atoms with Crippen molar-refractivity contribution in [1.82, 2.24) is 9.97 Å². The van der Waals surface area contributed by atoms with Gasteiger partial charge in [0.25, 0.3) is 5.56 Å². The van der Waals surface area contributed by atoms with Gasteiger partial charge in [-0.05, 0) is 18.2 Å². The Morgan fingerprint density at radius 3 is 2.56 bits per heavy atom. The second-order valence-electron chi connectivity index (χ2n) is 3.46. The molecule has 18 heavy (non-hydrogen) atoms. The lowest BCUT2D eigenvalue weighted by Gasteiger charge is -2.09. The fourth-order valence-electron chi connectivity index (χ4n) is 1.45. The van der Waals surface area contributed by atoms with Crippen LogP contribution in [0.4, 0.5) is 17.6 Å². The van der Waals surface area contributed by atoms with Gasteiger partial charge in [-0.25, -0.2) is 9.37 Å². The van der Waals surface area contributed by atoms with Crippen LogP contribution in [0.2, 0.25) is 0 Å². The number of alkyl halides is 3. The molecule has 94 valence electrons. The minimum absolute atomic E-state index is 0.0921. The van der Waals surface area contributed by atoms with Gasteiger partial charge in [-0.3, -0.25) is 4.79 Å². The molecule has 0 amide bonds. The van der Waals surface area contributed by atoms with Crippen molar-refractivity contribution in [1.29, 1.82) is 0 Å². The molecular weight excluding hydrogens is 252 g/mol. The highest BCUT2D eigenvalue weighted by Crippen LogP contribution is 2.33. The molecule has 0 unspecified atom stereocenters. The molecule has 0 aliphatic rings. The van der Waals surface area contributed by atoms with Gasteiger partial charge in [-0.2, -0.15) is 13.2 Å². The summed E-state index contributed by atoms with van der Waals surface area (Å²) in [6, 6.07) is 2.29. The van der Waals surface area contributed by atoms with Crippen molar-refractivity contribution in [3.63, 3.8) is 0 Å². The van der Waals surface area contributed by atoms with Crippen molar-refractivity contribution in [2.24, 2.45) is 0 Å². The number of H-pyrrole nitrogens is 1. The van der Waals surface area contributed by atoms with Crippen LogP contribution in [0.3, 0.4) is 0 Å². The van der Waals surface area contributed by atoms with E-state index in [0.717, 1.165) is 6.07 Å². The van der Waals surface area contributed by atoms with Gasteiger partial charge in [0, 0.05) is 18.0 Å². The van der Waals surface area contributed by atoms with E-state index in [2.05, 4.69) is 9.97 Å². The largest absolute Gasteiger partial charge is 0.419 e. The Morgan fingerprint density at radius 1 is 1.22 bits per heavy atom. The summed E-state index contributed by atoms with van der Waals surface area (Å²) < 4.78 is 50.6. The molecule has 1 N–H and O–H groups in total. The lowest BCUT2D eigenvalue weighted by Crippen LogP contribution is -2.12. The van der Waals surface area contributed by atoms with Gasteiger partial charge in [0.2, 0.25) is 0 Å². The normalized spacial score (nSPS) is 11.6. The van der Waals surface area contributed by atoms with Crippen LogP contribution in [-0.4, -0.2) is 9.97 Å². The van der Waals surface area contributed by atoms with E-state index in [1.807, 2.05) is 0 Å². The van der Waals surface area contributed by atoms with Crippen LogP contribution in [0.1, 0.15) is 5.56 Å². The lowest BCUT2D eigenvalue weighted by atomic mass is 10.1. The summed E-state index contributed by atoms with van der Waals surface area (Å²) in [5.41, 5.74) is -2.35. The molecule has 0 radical (unpaired) electrons. The lowest BCUT2D eigenvalue weighted by molar-refractivity contribution is -0.139. The first-order valence-corrected chi connectivity index (χ1v) is 4.80. The monoisotopic (exact) mass is 258 g/mol. The summed E-state index contributed by atoms with van der Waals surface area (Å²) in [6.07, 6.45) is -2.34. The van der Waals surface area contributed by atoms with Gasteiger partial charge in [0.15, 0.2) is 0 Å². The highest BCUT2D eigenvalue weighted by atomic mass is 19.4. The van der Waals surface area contributed by atoms with E-state index in [4.69, 9.17) is 0 Å². The average Bonchev–Trinajstić information content (AvgIpc) is 2.29. The zero-order chi connectivity index (χ0) is 13.3. The minimum atomic E-state index is -4.82. The quantitative estimate of drug-likeness (QED) is 0.799. The molecule has 7 heteroatoms. The van der Waals surface area contributed by atoms with Gasteiger partial charge in [0.05, 0.1) is 5.56 Å². The SMILES string of the molecule is O=c1[nH]ccnc1-c1ccc(F)c(C(F)(F)F)c1. The summed E-state index contributed by atoms with van der Waals surface area (Å²) in [5, 5.41) is 0. The summed E-state index contributed by atoms with van der Waals surface area (Å²) in [6.45, 7) is 0. The molecule has 0 fully saturated rings. The van der Waals surface area contributed by atoms with Crippen molar-refractivity contribution >= 4 is 0 Å². The van der Waals surface area contributed by atoms with Gasteiger partial charge < -0.3 is 4.98 Å². The first kappa shape index (κ1) is 12.3. The van der Waals surface area contributed by atoms with E-state index in [-0.39, 0.29) is 11.3 Å². The minimum Gasteiger partial charge on any atom is -0.326 e. The molecule has 0 saturated heterocycles. The number of hydrogen-bond donors (Lipinski definition) is 1. The molecule has 0 atom stereocenters. The molecule has 0 saturated carbocycles. The van der Waals surface area contributed by atoms with Crippen LogP contribution in [0.5, 0.6) is 0 Å². The number of nitrogens with one attached hydrogen (secondary N) is 1. The van der Waals surface area contributed by atoms with E-state index < -0.39 is 23.1 Å². The van der Waals surface area contributed by atoms with Gasteiger partial charge in [-0.1, -0.05) is 0 Å². The number of hydrogen-bond acceptors (Lipinski definition) is 2. The third kappa shape index (κ3) is 2.24. The Labute approximate surface area is 98.1 Å². The van der Waals surface area contributed by atoms with Crippen molar-refractivity contribution < 1.29 is 17.6 Å². The highest BCUT2D eigenvalue weighted by Gasteiger charge is 2.34. The van der Waals surface area contributed by atoms with E-state index in [0.29, 0.717) is 12.1 Å². The van der Waals surface area contributed by atoms with Crippen LogP contribution in [0.15, 0.2) is 35.4 Å². The molecule has 1 aromatic carbocycles. The van der Waals surface area contributed by atoms with Crippen molar-refractivity contribution in [2.45, 2.75) is 6.18 Å². The number of halogens is 4. The summed E-state index contributed by atoms with van der Waals surface area (Å²) in [4.78, 5) is 17.3. The van der Waals surface area contributed by atoms with E-state index in [1.165, 1.54) is 12.4 Å². The molecule has 0 spiro atoms.